The lowest BCUT2D eigenvalue weighted by atomic mass is 9.76. The molecule has 20 heavy (non-hydrogen) atoms. The van der Waals surface area contributed by atoms with Gasteiger partial charge in [-0.2, -0.15) is 0 Å². The lowest BCUT2D eigenvalue weighted by Gasteiger charge is -2.34. The van der Waals surface area contributed by atoms with E-state index in [1.54, 1.807) is 23.5 Å². The van der Waals surface area contributed by atoms with Gasteiger partial charge in [0.1, 0.15) is 10.8 Å². The van der Waals surface area contributed by atoms with Crippen molar-refractivity contribution in [1.29, 1.82) is 0 Å². The monoisotopic (exact) mass is 290 g/mol. The van der Waals surface area contributed by atoms with Crippen LogP contribution in [0, 0.1) is 11.2 Å². The number of hydrogen-bond acceptors (Lipinski definition) is 3. The molecule has 3 rings (SSSR count). The Bertz CT molecular complexity index is 633. The van der Waals surface area contributed by atoms with Gasteiger partial charge in [0.05, 0.1) is 5.69 Å². The zero-order valence-corrected chi connectivity index (χ0v) is 12.9. The van der Waals surface area contributed by atoms with Crippen molar-refractivity contribution in [3.63, 3.8) is 0 Å². The van der Waals surface area contributed by atoms with Crippen LogP contribution in [-0.2, 0) is 6.42 Å². The molecule has 1 atom stereocenters. The van der Waals surface area contributed by atoms with Crippen LogP contribution < -0.4 is 5.32 Å². The molecular formula is C16H19FN2S. The molecule has 1 aromatic heterocycles. The van der Waals surface area contributed by atoms with E-state index in [4.69, 9.17) is 4.98 Å². The Morgan fingerprint density at radius 2 is 2.20 bits per heavy atom. The van der Waals surface area contributed by atoms with Gasteiger partial charge in [-0.25, -0.2) is 9.37 Å². The van der Waals surface area contributed by atoms with Gasteiger partial charge < -0.3 is 5.32 Å². The van der Waals surface area contributed by atoms with Crippen LogP contribution in [0.4, 0.5) is 4.39 Å². The molecular weight excluding hydrogens is 271 g/mol. The largest absolute Gasteiger partial charge is 0.312 e. The Labute approximate surface area is 123 Å². The third-order valence-electron chi connectivity index (χ3n) is 3.87. The maximum atomic E-state index is 13.4. The summed E-state index contributed by atoms with van der Waals surface area (Å²) in [6.07, 6.45) is 2.10. The standard InChI is InChI=1S/C16H19FN2S/c1-16(2)8-12(18-3)14-13(9-16)19-15(20-14)10-5-4-6-11(17)7-10/h4-7,12,18H,8-9H2,1-3H3. The van der Waals surface area contributed by atoms with Crippen molar-refractivity contribution in [2.24, 2.45) is 5.41 Å². The van der Waals surface area contributed by atoms with E-state index in [-0.39, 0.29) is 11.2 Å². The Kier molecular flexibility index (Phi) is 3.38. The highest BCUT2D eigenvalue weighted by atomic mass is 32.1. The van der Waals surface area contributed by atoms with E-state index in [9.17, 15) is 4.39 Å². The van der Waals surface area contributed by atoms with Crippen LogP contribution >= 0.6 is 11.3 Å². The SMILES string of the molecule is CNC1CC(C)(C)Cc2nc(-c3cccc(F)c3)sc21. The van der Waals surface area contributed by atoms with Crippen molar-refractivity contribution in [3.8, 4) is 10.6 Å². The smallest absolute Gasteiger partial charge is 0.124 e. The fourth-order valence-electron chi connectivity index (χ4n) is 2.91. The molecule has 0 bridgehead atoms. The maximum Gasteiger partial charge on any atom is 0.124 e. The summed E-state index contributed by atoms with van der Waals surface area (Å²) < 4.78 is 13.4. The van der Waals surface area contributed by atoms with E-state index in [2.05, 4.69) is 19.2 Å². The molecule has 0 aliphatic heterocycles. The summed E-state index contributed by atoms with van der Waals surface area (Å²) in [7, 11) is 2.00. The van der Waals surface area contributed by atoms with E-state index >= 15 is 0 Å². The summed E-state index contributed by atoms with van der Waals surface area (Å²) in [5.74, 6) is -0.207. The van der Waals surface area contributed by atoms with Crippen molar-refractivity contribution in [2.75, 3.05) is 7.05 Å². The number of aromatic nitrogens is 1. The van der Waals surface area contributed by atoms with Gasteiger partial charge in [-0.15, -0.1) is 11.3 Å². The van der Waals surface area contributed by atoms with E-state index in [1.807, 2.05) is 13.1 Å². The summed E-state index contributed by atoms with van der Waals surface area (Å²) >= 11 is 1.69. The van der Waals surface area contributed by atoms with Crippen molar-refractivity contribution in [1.82, 2.24) is 10.3 Å². The average molecular weight is 290 g/mol. The van der Waals surface area contributed by atoms with Gasteiger partial charge >= 0.3 is 0 Å². The minimum atomic E-state index is -0.207. The Morgan fingerprint density at radius 1 is 1.40 bits per heavy atom. The third kappa shape index (κ3) is 2.50. The quantitative estimate of drug-likeness (QED) is 0.897. The van der Waals surface area contributed by atoms with Crippen molar-refractivity contribution in [3.05, 3.63) is 40.7 Å². The number of nitrogens with one attached hydrogen (secondary N) is 1. The van der Waals surface area contributed by atoms with Gasteiger partial charge in [0.2, 0.25) is 0 Å². The summed E-state index contributed by atoms with van der Waals surface area (Å²) in [4.78, 5) is 6.08. The van der Waals surface area contributed by atoms with Gasteiger partial charge in [0.25, 0.3) is 0 Å². The molecule has 106 valence electrons. The first-order valence-corrected chi connectivity index (χ1v) is 7.73. The molecule has 1 heterocycles. The van der Waals surface area contributed by atoms with E-state index < -0.39 is 0 Å². The molecule has 0 saturated carbocycles. The molecule has 0 fully saturated rings. The summed E-state index contributed by atoms with van der Waals surface area (Å²) in [5.41, 5.74) is 2.30. The summed E-state index contributed by atoms with van der Waals surface area (Å²) in [6.45, 7) is 4.56. The highest BCUT2D eigenvalue weighted by Crippen LogP contribution is 2.44. The minimum Gasteiger partial charge on any atom is -0.312 e. The molecule has 1 aromatic carbocycles. The van der Waals surface area contributed by atoms with Gasteiger partial charge in [-0.3, -0.25) is 0 Å². The van der Waals surface area contributed by atoms with E-state index in [0.717, 1.165) is 23.4 Å². The minimum absolute atomic E-state index is 0.207. The van der Waals surface area contributed by atoms with Crippen LogP contribution in [0.5, 0.6) is 0 Å². The van der Waals surface area contributed by atoms with Crippen LogP contribution in [0.25, 0.3) is 10.6 Å². The van der Waals surface area contributed by atoms with E-state index in [0.29, 0.717) is 6.04 Å². The molecule has 1 unspecified atom stereocenters. The Balaban J connectivity index is 2.04. The third-order valence-corrected chi connectivity index (χ3v) is 5.13. The van der Waals surface area contributed by atoms with Crippen LogP contribution in [0.3, 0.4) is 0 Å². The average Bonchev–Trinajstić information content (AvgIpc) is 2.80. The Hall–Kier alpha value is -1.26. The van der Waals surface area contributed by atoms with Crippen molar-refractivity contribution in [2.45, 2.75) is 32.7 Å². The predicted molar refractivity (Wildman–Crippen MR) is 81.4 cm³/mol. The second-order valence-electron chi connectivity index (χ2n) is 6.23. The first-order valence-electron chi connectivity index (χ1n) is 6.91. The van der Waals surface area contributed by atoms with Crippen molar-refractivity contribution >= 4 is 11.3 Å². The number of fused-ring (bicyclic) bond motifs is 1. The van der Waals surface area contributed by atoms with Crippen LogP contribution in [0.1, 0.15) is 36.9 Å². The zero-order chi connectivity index (χ0) is 14.3. The van der Waals surface area contributed by atoms with Gasteiger partial charge in [-0.1, -0.05) is 26.0 Å². The lowest BCUT2D eigenvalue weighted by Crippen LogP contribution is -2.30. The highest BCUT2D eigenvalue weighted by molar-refractivity contribution is 7.15. The topological polar surface area (TPSA) is 24.9 Å². The number of hydrogen-bond donors (Lipinski definition) is 1. The molecule has 1 aliphatic rings. The zero-order valence-electron chi connectivity index (χ0n) is 12.0. The van der Waals surface area contributed by atoms with Crippen LogP contribution in [0.2, 0.25) is 0 Å². The number of nitrogens with zero attached hydrogens (tertiary/aromatic N) is 1. The number of rotatable bonds is 2. The van der Waals surface area contributed by atoms with Crippen LogP contribution in [-0.4, -0.2) is 12.0 Å². The Morgan fingerprint density at radius 3 is 2.90 bits per heavy atom. The first kappa shape index (κ1) is 13.7. The fourth-order valence-corrected chi connectivity index (χ4v) is 4.10. The molecule has 1 aliphatic carbocycles. The molecule has 2 nitrogen and oxygen atoms in total. The van der Waals surface area contributed by atoms with Crippen LogP contribution in [0.15, 0.2) is 24.3 Å². The molecule has 4 heteroatoms. The number of halogens is 1. The normalized spacial score (nSPS) is 20.7. The number of thiazole rings is 1. The summed E-state index contributed by atoms with van der Waals surface area (Å²) in [6, 6.07) is 7.05. The molecule has 0 amide bonds. The molecule has 2 aromatic rings. The number of benzene rings is 1. The first-order chi connectivity index (χ1) is 9.48. The summed E-state index contributed by atoms with van der Waals surface area (Å²) in [5, 5.41) is 4.31. The van der Waals surface area contributed by atoms with Gasteiger partial charge in [0, 0.05) is 16.5 Å². The van der Waals surface area contributed by atoms with Crippen molar-refractivity contribution < 1.29 is 4.39 Å². The van der Waals surface area contributed by atoms with E-state index in [1.165, 1.54) is 16.6 Å². The highest BCUT2D eigenvalue weighted by Gasteiger charge is 2.34. The lowest BCUT2D eigenvalue weighted by molar-refractivity contribution is 0.265. The maximum absolute atomic E-state index is 13.4. The molecule has 0 radical (unpaired) electrons. The van der Waals surface area contributed by atoms with Gasteiger partial charge in [0.15, 0.2) is 0 Å². The predicted octanol–water partition coefficient (Wildman–Crippen LogP) is 4.18. The fraction of sp³-hybridized carbons (Fsp3) is 0.438. The second-order valence-corrected chi connectivity index (χ2v) is 7.26. The molecule has 0 spiro atoms. The second kappa shape index (κ2) is 4.93. The molecule has 1 N–H and O–H groups in total. The van der Waals surface area contributed by atoms with Gasteiger partial charge in [-0.05, 0) is 37.4 Å². The molecule has 0 saturated heterocycles.